The van der Waals surface area contributed by atoms with Gasteiger partial charge >= 0.3 is 0 Å². The van der Waals surface area contributed by atoms with E-state index in [1.54, 1.807) is 11.8 Å². The minimum absolute atomic E-state index is 0.252. The maximum atomic E-state index is 8.07. The molecule has 0 amide bonds. The highest BCUT2D eigenvalue weighted by Gasteiger charge is 2.04. The van der Waals surface area contributed by atoms with Crippen LogP contribution in [0.3, 0.4) is 0 Å². The summed E-state index contributed by atoms with van der Waals surface area (Å²) in [5.41, 5.74) is 3.04. The smallest absolute Gasteiger partial charge is 0.197 e. The van der Waals surface area contributed by atoms with Gasteiger partial charge in [-0.3, -0.25) is 5.41 Å². The van der Waals surface area contributed by atoms with Gasteiger partial charge in [0.25, 0.3) is 0 Å². The fourth-order valence-electron chi connectivity index (χ4n) is 1.90. The van der Waals surface area contributed by atoms with Gasteiger partial charge in [-0.2, -0.15) is 0 Å². The predicted octanol–water partition coefficient (Wildman–Crippen LogP) is 5.19. The van der Waals surface area contributed by atoms with Crippen molar-refractivity contribution in [2.45, 2.75) is 18.2 Å². The van der Waals surface area contributed by atoms with Crippen LogP contribution in [-0.2, 0) is 6.42 Å². The van der Waals surface area contributed by atoms with E-state index in [-0.39, 0.29) is 5.96 Å². The summed E-state index contributed by atoms with van der Waals surface area (Å²) in [6.45, 7) is 2.12. The summed E-state index contributed by atoms with van der Waals surface area (Å²) in [7, 11) is 0. The summed E-state index contributed by atoms with van der Waals surface area (Å²) in [6.07, 6.45) is 3.01. The molecule has 3 N–H and O–H groups in total. The van der Waals surface area contributed by atoms with Gasteiger partial charge in [-0.05, 0) is 64.5 Å². The molecular formula is C16H18BrN3S. The number of anilines is 2. The molecule has 0 spiro atoms. The Balaban J connectivity index is 2.07. The lowest BCUT2D eigenvalue weighted by molar-refractivity contribution is 1.14. The molecule has 2 aromatic carbocycles. The van der Waals surface area contributed by atoms with Crippen LogP contribution >= 0.6 is 27.7 Å². The topological polar surface area (TPSA) is 47.9 Å². The molecule has 0 aliphatic carbocycles. The van der Waals surface area contributed by atoms with E-state index in [1.807, 2.05) is 36.6 Å². The van der Waals surface area contributed by atoms with Crippen molar-refractivity contribution in [3.63, 3.8) is 0 Å². The molecule has 0 aliphatic heterocycles. The number of benzene rings is 2. The van der Waals surface area contributed by atoms with Crippen molar-refractivity contribution < 1.29 is 0 Å². The first-order valence-electron chi connectivity index (χ1n) is 6.67. The number of thioether (sulfide) groups is 1. The van der Waals surface area contributed by atoms with E-state index in [0.717, 1.165) is 22.3 Å². The van der Waals surface area contributed by atoms with Crippen molar-refractivity contribution in [3.05, 3.63) is 52.5 Å². The molecule has 2 aromatic rings. The Morgan fingerprint density at radius 2 is 2.00 bits per heavy atom. The second kappa shape index (κ2) is 7.52. The molecule has 0 bridgehead atoms. The van der Waals surface area contributed by atoms with E-state index in [9.17, 15) is 0 Å². The summed E-state index contributed by atoms with van der Waals surface area (Å²) < 4.78 is 0.948. The van der Waals surface area contributed by atoms with Crippen molar-refractivity contribution >= 4 is 45.0 Å². The number of hydrogen-bond acceptors (Lipinski definition) is 2. The van der Waals surface area contributed by atoms with Crippen molar-refractivity contribution in [3.8, 4) is 0 Å². The van der Waals surface area contributed by atoms with Crippen LogP contribution in [0.15, 0.2) is 51.8 Å². The fraction of sp³-hybridized carbons (Fsp3) is 0.188. The molecule has 0 fully saturated rings. The van der Waals surface area contributed by atoms with E-state index in [1.165, 1.54) is 10.5 Å². The first kappa shape index (κ1) is 15.9. The van der Waals surface area contributed by atoms with Crippen LogP contribution in [0.2, 0.25) is 0 Å². The Labute approximate surface area is 138 Å². The number of nitrogens with one attached hydrogen (secondary N) is 3. The molecule has 2 rings (SSSR count). The number of rotatable bonds is 4. The summed E-state index contributed by atoms with van der Waals surface area (Å²) in [4.78, 5) is 1.17. The van der Waals surface area contributed by atoms with Crippen molar-refractivity contribution in [1.82, 2.24) is 0 Å². The van der Waals surface area contributed by atoms with Gasteiger partial charge in [0.05, 0.1) is 5.69 Å². The highest BCUT2D eigenvalue weighted by molar-refractivity contribution is 9.10. The number of hydrogen-bond donors (Lipinski definition) is 3. The van der Waals surface area contributed by atoms with Crippen LogP contribution in [0, 0.1) is 5.41 Å². The minimum Gasteiger partial charge on any atom is -0.326 e. The molecular weight excluding hydrogens is 346 g/mol. The van der Waals surface area contributed by atoms with Gasteiger partial charge in [0, 0.05) is 15.1 Å². The number of aryl methyl sites for hydroxylation is 1. The molecule has 110 valence electrons. The van der Waals surface area contributed by atoms with Gasteiger partial charge in [0.2, 0.25) is 0 Å². The third-order valence-electron chi connectivity index (χ3n) is 3.04. The van der Waals surface area contributed by atoms with E-state index >= 15 is 0 Å². The van der Waals surface area contributed by atoms with Crippen LogP contribution in [0.5, 0.6) is 0 Å². The Morgan fingerprint density at radius 1 is 1.19 bits per heavy atom. The SMILES string of the molecule is CCc1ccc(Br)c(NC(=N)Nc2cccc(SC)c2)c1. The van der Waals surface area contributed by atoms with Crippen molar-refractivity contribution in [2.75, 3.05) is 16.9 Å². The minimum atomic E-state index is 0.252. The van der Waals surface area contributed by atoms with E-state index in [4.69, 9.17) is 5.41 Å². The fourth-order valence-corrected chi connectivity index (χ4v) is 2.70. The predicted molar refractivity (Wildman–Crippen MR) is 96.7 cm³/mol. The first-order chi connectivity index (χ1) is 10.1. The van der Waals surface area contributed by atoms with Crippen molar-refractivity contribution in [2.24, 2.45) is 0 Å². The van der Waals surface area contributed by atoms with Gasteiger partial charge in [-0.1, -0.05) is 19.1 Å². The van der Waals surface area contributed by atoms with Crippen LogP contribution in [0.1, 0.15) is 12.5 Å². The maximum absolute atomic E-state index is 8.07. The molecule has 0 atom stereocenters. The molecule has 21 heavy (non-hydrogen) atoms. The average Bonchev–Trinajstić information content (AvgIpc) is 2.49. The highest BCUT2D eigenvalue weighted by Crippen LogP contribution is 2.24. The van der Waals surface area contributed by atoms with Crippen LogP contribution in [-0.4, -0.2) is 12.2 Å². The third-order valence-corrected chi connectivity index (χ3v) is 4.45. The lowest BCUT2D eigenvalue weighted by Crippen LogP contribution is -2.20. The lowest BCUT2D eigenvalue weighted by Gasteiger charge is -2.13. The second-order valence-corrected chi connectivity index (χ2v) is 6.26. The molecule has 0 aliphatic rings. The zero-order chi connectivity index (χ0) is 15.2. The van der Waals surface area contributed by atoms with Gasteiger partial charge in [0.1, 0.15) is 0 Å². The van der Waals surface area contributed by atoms with Gasteiger partial charge in [-0.25, -0.2) is 0 Å². The van der Waals surface area contributed by atoms with Crippen LogP contribution < -0.4 is 10.6 Å². The summed E-state index contributed by atoms with van der Waals surface area (Å²) in [6, 6.07) is 14.1. The summed E-state index contributed by atoms with van der Waals surface area (Å²) in [5, 5.41) is 14.2. The zero-order valence-corrected chi connectivity index (χ0v) is 14.4. The van der Waals surface area contributed by atoms with E-state index in [2.05, 4.69) is 45.6 Å². The third kappa shape index (κ3) is 4.51. The highest BCUT2D eigenvalue weighted by atomic mass is 79.9. The molecule has 0 heterocycles. The van der Waals surface area contributed by atoms with Gasteiger partial charge in [-0.15, -0.1) is 11.8 Å². The normalized spacial score (nSPS) is 10.2. The molecule has 0 saturated heterocycles. The van der Waals surface area contributed by atoms with E-state index < -0.39 is 0 Å². The Kier molecular flexibility index (Phi) is 5.70. The number of guanidine groups is 1. The van der Waals surface area contributed by atoms with Crippen molar-refractivity contribution in [1.29, 1.82) is 5.41 Å². The first-order valence-corrected chi connectivity index (χ1v) is 8.69. The quantitative estimate of drug-likeness (QED) is 0.397. The lowest BCUT2D eigenvalue weighted by atomic mass is 10.1. The zero-order valence-electron chi connectivity index (χ0n) is 12.0. The average molecular weight is 364 g/mol. The Hall–Kier alpha value is -1.46. The Bertz CT molecular complexity index is 643. The molecule has 0 saturated carbocycles. The molecule has 0 radical (unpaired) electrons. The van der Waals surface area contributed by atoms with Crippen LogP contribution in [0.4, 0.5) is 11.4 Å². The summed E-state index contributed by atoms with van der Waals surface area (Å²) in [5.74, 6) is 0.252. The largest absolute Gasteiger partial charge is 0.326 e. The molecule has 5 heteroatoms. The Morgan fingerprint density at radius 3 is 2.71 bits per heavy atom. The van der Waals surface area contributed by atoms with E-state index in [0.29, 0.717) is 0 Å². The van der Waals surface area contributed by atoms with Crippen LogP contribution in [0.25, 0.3) is 0 Å². The molecule has 0 unspecified atom stereocenters. The maximum Gasteiger partial charge on any atom is 0.197 e. The standard InChI is InChI=1S/C16H18BrN3S/c1-3-11-7-8-14(17)15(9-11)20-16(18)19-12-5-4-6-13(10-12)21-2/h4-10H,3H2,1-2H3,(H3,18,19,20). The monoisotopic (exact) mass is 363 g/mol. The molecule has 0 aromatic heterocycles. The second-order valence-electron chi connectivity index (χ2n) is 4.52. The van der Waals surface area contributed by atoms with Gasteiger partial charge in [0.15, 0.2) is 5.96 Å². The molecule has 3 nitrogen and oxygen atoms in total. The number of halogens is 1. The summed E-state index contributed by atoms with van der Waals surface area (Å²) >= 11 is 5.19. The van der Waals surface area contributed by atoms with Gasteiger partial charge < -0.3 is 10.6 Å².